The van der Waals surface area contributed by atoms with E-state index in [1.807, 2.05) is 17.0 Å². The second-order valence-corrected chi connectivity index (χ2v) is 6.33. The molecule has 0 spiro atoms. The van der Waals surface area contributed by atoms with Crippen molar-refractivity contribution in [3.63, 3.8) is 0 Å². The van der Waals surface area contributed by atoms with E-state index in [1.165, 1.54) is 0 Å². The van der Waals surface area contributed by atoms with Crippen molar-refractivity contribution < 1.29 is 4.79 Å². The number of benzene rings is 1. The van der Waals surface area contributed by atoms with Crippen molar-refractivity contribution in [3.05, 3.63) is 29.8 Å². The van der Waals surface area contributed by atoms with Crippen LogP contribution in [-0.2, 0) is 11.3 Å². The fraction of sp³-hybridized carbons (Fsp3) is 0.579. The lowest BCUT2D eigenvalue weighted by Gasteiger charge is -2.17. The van der Waals surface area contributed by atoms with Crippen LogP contribution in [0.1, 0.15) is 32.3 Å². The number of likely N-dealkylation sites (N-methyl/N-ethyl adjacent to an activating group) is 1. The van der Waals surface area contributed by atoms with Gasteiger partial charge in [-0.05, 0) is 44.6 Å². The van der Waals surface area contributed by atoms with E-state index in [2.05, 4.69) is 53.6 Å². The van der Waals surface area contributed by atoms with Gasteiger partial charge in [-0.25, -0.2) is 4.99 Å². The van der Waals surface area contributed by atoms with Crippen LogP contribution >= 0.6 is 24.0 Å². The number of aliphatic imine (C=N–C) groups is 1. The summed E-state index contributed by atoms with van der Waals surface area (Å²) in [6, 6.07) is 8.15. The van der Waals surface area contributed by atoms with Crippen LogP contribution in [0.3, 0.4) is 0 Å². The SMILES string of the molecule is CCNC(=NCc1ccc(N2CCCC2=O)cc1)NCCN(C)CC.I. The van der Waals surface area contributed by atoms with Crippen LogP contribution in [0.25, 0.3) is 0 Å². The van der Waals surface area contributed by atoms with Crippen LogP contribution in [0.4, 0.5) is 5.69 Å². The molecule has 6 nitrogen and oxygen atoms in total. The van der Waals surface area contributed by atoms with Crippen LogP contribution in [0, 0.1) is 0 Å². The van der Waals surface area contributed by atoms with E-state index in [9.17, 15) is 4.79 Å². The number of hydrogen-bond acceptors (Lipinski definition) is 3. The molecule has 1 amide bonds. The van der Waals surface area contributed by atoms with Gasteiger partial charge in [0.05, 0.1) is 6.54 Å². The minimum absolute atomic E-state index is 0. The van der Waals surface area contributed by atoms with Gasteiger partial charge >= 0.3 is 0 Å². The normalized spacial score (nSPS) is 14.5. The molecule has 2 N–H and O–H groups in total. The molecule has 1 aliphatic heterocycles. The minimum Gasteiger partial charge on any atom is -0.357 e. The van der Waals surface area contributed by atoms with E-state index >= 15 is 0 Å². The molecular formula is C19H32IN5O. The molecule has 0 unspecified atom stereocenters. The van der Waals surface area contributed by atoms with E-state index in [-0.39, 0.29) is 29.9 Å². The Hall–Kier alpha value is -1.35. The summed E-state index contributed by atoms with van der Waals surface area (Å²) in [6.07, 6.45) is 1.62. The quantitative estimate of drug-likeness (QED) is 0.346. The lowest BCUT2D eigenvalue weighted by molar-refractivity contribution is -0.117. The predicted molar refractivity (Wildman–Crippen MR) is 119 cm³/mol. The first kappa shape index (κ1) is 22.7. The number of carbonyl (C=O) groups excluding carboxylic acids is 1. The van der Waals surface area contributed by atoms with Gasteiger partial charge in [-0.3, -0.25) is 4.79 Å². The lowest BCUT2D eigenvalue weighted by atomic mass is 10.2. The summed E-state index contributed by atoms with van der Waals surface area (Å²) in [4.78, 5) is 20.6. The molecule has 2 rings (SSSR count). The van der Waals surface area contributed by atoms with E-state index in [0.29, 0.717) is 13.0 Å². The fourth-order valence-electron chi connectivity index (χ4n) is 2.74. The second-order valence-electron chi connectivity index (χ2n) is 6.33. The summed E-state index contributed by atoms with van der Waals surface area (Å²) in [7, 11) is 2.11. The van der Waals surface area contributed by atoms with E-state index in [0.717, 1.165) is 56.4 Å². The molecule has 0 radical (unpaired) electrons. The predicted octanol–water partition coefficient (Wildman–Crippen LogP) is 2.44. The molecule has 1 aromatic carbocycles. The van der Waals surface area contributed by atoms with Gasteiger partial charge < -0.3 is 20.4 Å². The molecule has 1 saturated heterocycles. The lowest BCUT2D eigenvalue weighted by Crippen LogP contribution is -2.40. The van der Waals surface area contributed by atoms with E-state index < -0.39 is 0 Å². The summed E-state index contributed by atoms with van der Waals surface area (Å²) in [5, 5.41) is 6.64. The fourth-order valence-corrected chi connectivity index (χ4v) is 2.74. The highest BCUT2D eigenvalue weighted by molar-refractivity contribution is 14.0. The van der Waals surface area contributed by atoms with E-state index in [4.69, 9.17) is 0 Å². The number of carbonyl (C=O) groups is 1. The Morgan fingerprint density at radius 1 is 1.23 bits per heavy atom. The molecular weight excluding hydrogens is 441 g/mol. The van der Waals surface area contributed by atoms with Crippen molar-refractivity contribution in [1.82, 2.24) is 15.5 Å². The van der Waals surface area contributed by atoms with Crippen LogP contribution < -0.4 is 15.5 Å². The summed E-state index contributed by atoms with van der Waals surface area (Å²) in [5.41, 5.74) is 2.13. The third-order valence-electron chi connectivity index (χ3n) is 4.41. The summed E-state index contributed by atoms with van der Waals surface area (Å²) < 4.78 is 0. The minimum atomic E-state index is 0. The Kier molecular flexibility index (Phi) is 10.6. The largest absolute Gasteiger partial charge is 0.357 e. The zero-order valence-corrected chi connectivity index (χ0v) is 18.5. The Labute approximate surface area is 174 Å². The number of guanidine groups is 1. The van der Waals surface area contributed by atoms with Crippen molar-refractivity contribution >= 4 is 41.5 Å². The summed E-state index contributed by atoms with van der Waals surface area (Å²) in [6.45, 7) is 9.40. The maximum Gasteiger partial charge on any atom is 0.227 e. The molecule has 0 aliphatic carbocycles. The number of anilines is 1. The zero-order valence-electron chi connectivity index (χ0n) is 16.1. The Balaban J connectivity index is 0.00000338. The Morgan fingerprint density at radius 2 is 1.96 bits per heavy atom. The zero-order chi connectivity index (χ0) is 18.1. The van der Waals surface area contributed by atoms with Crippen LogP contribution in [0.5, 0.6) is 0 Å². The first-order valence-electron chi connectivity index (χ1n) is 9.24. The molecule has 1 aromatic rings. The molecule has 7 heteroatoms. The smallest absolute Gasteiger partial charge is 0.227 e. The highest BCUT2D eigenvalue weighted by atomic mass is 127. The second kappa shape index (κ2) is 12.1. The number of nitrogens with zero attached hydrogens (tertiary/aromatic N) is 3. The van der Waals surface area contributed by atoms with Gasteiger partial charge in [-0.2, -0.15) is 0 Å². The van der Waals surface area contributed by atoms with Gasteiger partial charge in [0.1, 0.15) is 0 Å². The Morgan fingerprint density at radius 3 is 2.54 bits per heavy atom. The standard InChI is InChI=1S/C19H31N5O.HI/c1-4-20-19(21-12-14-23(3)5-2)22-15-16-8-10-17(11-9-16)24-13-6-7-18(24)25;/h8-11H,4-7,12-15H2,1-3H3,(H2,20,21,22);1H. The number of rotatable bonds is 8. The molecule has 1 heterocycles. The number of halogens is 1. The van der Waals surface area contributed by atoms with Crippen molar-refractivity contribution in [2.24, 2.45) is 4.99 Å². The van der Waals surface area contributed by atoms with Crippen molar-refractivity contribution in [1.29, 1.82) is 0 Å². The molecule has 0 bridgehead atoms. The van der Waals surface area contributed by atoms with Gasteiger partial charge in [0, 0.05) is 38.3 Å². The van der Waals surface area contributed by atoms with Crippen LogP contribution in [-0.4, -0.2) is 56.5 Å². The Bertz CT molecular complexity index is 576. The third-order valence-corrected chi connectivity index (χ3v) is 4.41. The molecule has 1 fully saturated rings. The van der Waals surface area contributed by atoms with Gasteiger partial charge in [-0.15, -0.1) is 24.0 Å². The number of amides is 1. The first-order chi connectivity index (χ1) is 12.1. The highest BCUT2D eigenvalue weighted by Crippen LogP contribution is 2.21. The topological polar surface area (TPSA) is 60.0 Å². The third kappa shape index (κ3) is 7.11. The highest BCUT2D eigenvalue weighted by Gasteiger charge is 2.21. The van der Waals surface area contributed by atoms with Crippen molar-refractivity contribution in [3.8, 4) is 0 Å². The van der Waals surface area contributed by atoms with Crippen LogP contribution in [0.15, 0.2) is 29.3 Å². The monoisotopic (exact) mass is 473 g/mol. The average molecular weight is 473 g/mol. The molecule has 26 heavy (non-hydrogen) atoms. The molecule has 146 valence electrons. The van der Waals surface area contributed by atoms with Gasteiger partial charge in [0.25, 0.3) is 0 Å². The van der Waals surface area contributed by atoms with Crippen molar-refractivity contribution in [2.75, 3.05) is 44.7 Å². The number of hydrogen-bond donors (Lipinski definition) is 2. The maximum atomic E-state index is 11.8. The van der Waals surface area contributed by atoms with Crippen LogP contribution in [0.2, 0.25) is 0 Å². The van der Waals surface area contributed by atoms with E-state index in [1.54, 1.807) is 0 Å². The molecule has 0 aromatic heterocycles. The van der Waals surface area contributed by atoms with Gasteiger partial charge in [0.2, 0.25) is 5.91 Å². The number of nitrogens with one attached hydrogen (secondary N) is 2. The molecule has 1 aliphatic rings. The average Bonchev–Trinajstić information content (AvgIpc) is 3.06. The summed E-state index contributed by atoms with van der Waals surface area (Å²) in [5.74, 6) is 1.06. The van der Waals surface area contributed by atoms with Gasteiger partial charge in [0.15, 0.2) is 5.96 Å². The first-order valence-corrected chi connectivity index (χ1v) is 9.24. The molecule has 0 atom stereocenters. The van der Waals surface area contributed by atoms with Gasteiger partial charge in [-0.1, -0.05) is 19.1 Å². The maximum absolute atomic E-state index is 11.8. The summed E-state index contributed by atoms with van der Waals surface area (Å²) >= 11 is 0. The van der Waals surface area contributed by atoms with Crippen molar-refractivity contribution in [2.45, 2.75) is 33.2 Å². The molecule has 0 saturated carbocycles.